The van der Waals surface area contributed by atoms with Gasteiger partial charge in [0.15, 0.2) is 0 Å². The van der Waals surface area contributed by atoms with Gasteiger partial charge in [0.1, 0.15) is 5.82 Å². The summed E-state index contributed by atoms with van der Waals surface area (Å²) in [5.41, 5.74) is 3.03. The number of aromatic amines is 1. The predicted octanol–water partition coefficient (Wildman–Crippen LogP) is 4.26. The summed E-state index contributed by atoms with van der Waals surface area (Å²) >= 11 is 0. The van der Waals surface area contributed by atoms with E-state index in [-0.39, 0.29) is 18.0 Å². The van der Waals surface area contributed by atoms with E-state index in [4.69, 9.17) is 0 Å². The van der Waals surface area contributed by atoms with Gasteiger partial charge in [-0.05, 0) is 23.8 Å². The summed E-state index contributed by atoms with van der Waals surface area (Å²) in [6.45, 7) is 0.594. The lowest BCUT2D eigenvalue weighted by Crippen LogP contribution is -2.31. The summed E-state index contributed by atoms with van der Waals surface area (Å²) in [4.78, 5) is 35.5. The zero-order chi connectivity index (χ0) is 22.1. The molecule has 0 fully saturated rings. The van der Waals surface area contributed by atoms with E-state index in [0.29, 0.717) is 28.8 Å². The molecule has 6 nitrogen and oxygen atoms in total. The van der Waals surface area contributed by atoms with Crippen LogP contribution in [0, 0.1) is 0 Å². The third-order valence-electron chi connectivity index (χ3n) is 5.63. The number of aryl methyl sites for hydroxylation is 1. The van der Waals surface area contributed by atoms with Gasteiger partial charge < -0.3 is 14.5 Å². The van der Waals surface area contributed by atoms with Crippen LogP contribution in [0.5, 0.6) is 0 Å². The van der Waals surface area contributed by atoms with Crippen LogP contribution in [0.4, 0.5) is 0 Å². The molecule has 158 valence electrons. The summed E-state index contributed by atoms with van der Waals surface area (Å²) in [5.74, 6) is 0.347. The van der Waals surface area contributed by atoms with E-state index in [1.165, 1.54) is 0 Å². The maximum atomic E-state index is 13.7. The molecule has 0 atom stereocenters. The number of hydrogen-bond donors (Lipinski definition) is 1. The molecule has 0 bridgehead atoms. The summed E-state index contributed by atoms with van der Waals surface area (Å²) in [7, 11) is 1.93. The van der Waals surface area contributed by atoms with E-state index in [0.717, 1.165) is 16.5 Å². The van der Waals surface area contributed by atoms with Crippen LogP contribution in [0.2, 0.25) is 0 Å². The third kappa shape index (κ3) is 3.67. The smallest absolute Gasteiger partial charge is 0.258 e. The first-order chi connectivity index (χ1) is 15.6. The highest BCUT2D eigenvalue weighted by Gasteiger charge is 2.22. The zero-order valence-corrected chi connectivity index (χ0v) is 17.7. The van der Waals surface area contributed by atoms with Gasteiger partial charge >= 0.3 is 0 Å². The minimum atomic E-state index is -0.206. The molecule has 0 aliphatic carbocycles. The second kappa shape index (κ2) is 8.15. The molecule has 0 radical (unpaired) electrons. The Balaban J connectivity index is 1.56. The van der Waals surface area contributed by atoms with Crippen molar-refractivity contribution in [3.05, 3.63) is 112 Å². The Morgan fingerprint density at radius 3 is 2.41 bits per heavy atom. The number of carbonyl (C=O) groups is 1. The lowest BCUT2D eigenvalue weighted by Gasteiger charge is -2.22. The van der Waals surface area contributed by atoms with Crippen LogP contribution < -0.4 is 5.56 Å². The van der Waals surface area contributed by atoms with E-state index in [9.17, 15) is 9.59 Å². The Hall–Kier alpha value is -4.19. The summed E-state index contributed by atoms with van der Waals surface area (Å²) < 4.78 is 1.96. The van der Waals surface area contributed by atoms with Crippen LogP contribution in [0.15, 0.2) is 89.9 Å². The van der Waals surface area contributed by atoms with E-state index in [1.807, 2.05) is 90.6 Å². The van der Waals surface area contributed by atoms with Gasteiger partial charge in [-0.1, -0.05) is 60.7 Å². The Morgan fingerprint density at radius 1 is 0.906 bits per heavy atom. The van der Waals surface area contributed by atoms with Crippen molar-refractivity contribution in [2.75, 3.05) is 0 Å². The first-order valence-corrected chi connectivity index (χ1v) is 10.5. The highest BCUT2D eigenvalue weighted by molar-refractivity contribution is 6.06. The van der Waals surface area contributed by atoms with E-state index >= 15 is 0 Å². The molecule has 0 aliphatic heterocycles. The number of aromatic nitrogens is 3. The molecule has 0 spiro atoms. The first kappa shape index (κ1) is 19.8. The molecule has 1 amide bonds. The van der Waals surface area contributed by atoms with Crippen LogP contribution in [0.3, 0.4) is 0 Å². The fraction of sp³-hybridized carbons (Fsp3) is 0.115. The van der Waals surface area contributed by atoms with Crippen LogP contribution in [-0.2, 0) is 20.1 Å². The highest BCUT2D eigenvalue weighted by Crippen LogP contribution is 2.23. The molecule has 1 N–H and O–H groups in total. The van der Waals surface area contributed by atoms with Crippen molar-refractivity contribution in [3.8, 4) is 0 Å². The third-order valence-corrected chi connectivity index (χ3v) is 5.63. The molecule has 5 aromatic rings. The lowest BCUT2D eigenvalue weighted by molar-refractivity contribution is 0.0727. The molecule has 0 saturated carbocycles. The number of amides is 1. The largest absolute Gasteiger partial charge is 0.350 e. The van der Waals surface area contributed by atoms with E-state index in [1.54, 1.807) is 11.0 Å². The average Bonchev–Trinajstić information content (AvgIpc) is 3.16. The normalized spacial score (nSPS) is 11.2. The molecule has 32 heavy (non-hydrogen) atoms. The molecule has 2 aromatic heterocycles. The average molecular weight is 422 g/mol. The molecule has 5 rings (SSSR count). The number of carbonyl (C=O) groups excluding carboxylic acids is 1. The van der Waals surface area contributed by atoms with Crippen molar-refractivity contribution < 1.29 is 4.79 Å². The second-order valence-corrected chi connectivity index (χ2v) is 7.85. The Labute approximate surface area is 184 Å². The minimum absolute atomic E-state index is 0.110. The molecule has 0 saturated heterocycles. The van der Waals surface area contributed by atoms with Crippen molar-refractivity contribution >= 4 is 27.7 Å². The zero-order valence-electron chi connectivity index (χ0n) is 17.7. The summed E-state index contributed by atoms with van der Waals surface area (Å²) in [5, 5.41) is 1.43. The van der Waals surface area contributed by atoms with Gasteiger partial charge in [0.2, 0.25) is 0 Å². The van der Waals surface area contributed by atoms with Crippen molar-refractivity contribution in [1.82, 2.24) is 19.4 Å². The molecule has 2 heterocycles. The highest BCUT2D eigenvalue weighted by atomic mass is 16.2. The standard InChI is InChI=1S/C26H22N4O2/c1-29-16-21(19-11-6-8-14-23(19)29)26(32)30(15-18-9-3-2-4-10-18)17-24-27-22-13-7-5-12-20(22)25(31)28-24/h2-14,16H,15,17H2,1H3,(H,27,28,31). The number of fused-ring (bicyclic) bond motifs is 2. The van der Waals surface area contributed by atoms with Gasteiger partial charge in [0, 0.05) is 30.7 Å². The van der Waals surface area contributed by atoms with Gasteiger partial charge in [-0.3, -0.25) is 9.59 Å². The van der Waals surface area contributed by atoms with Crippen molar-refractivity contribution in [2.45, 2.75) is 13.1 Å². The van der Waals surface area contributed by atoms with Crippen molar-refractivity contribution in [3.63, 3.8) is 0 Å². The van der Waals surface area contributed by atoms with Crippen LogP contribution in [0.25, 0.3) is 21.8 Å². The van der Waals surface area contributed by atoms with Gasteiger partial charge in [0.05, 0.1) is 23.0 Å². The predicted molar refractivity (Wildman–Crippen MR) is 125 cm³/mol. The van der Waals surface area contributed by atoms with Gasteiger partial charge in [0.25, 0.3) is 11.5 Å². The van der Waals surface area contributed by atoms with Crippen molar-refractivity contribution in [2.24, 2.45) is 7.05 Å². The number of para-hydroxylation sites is 2. The lowest BCUT2D eigenvalue weighted by atomic mass is 10.1. The fourth-order valence-corrected chi connectivity index (χ4v) is 4.08. The number of nitrogens with one attached hydrogen (secondary N) is 1. The molecule has 6 heteroatoms. The topological polar surface area (TPSA) is 71.0 Å². The first-order valence-electron chi connectivity index (χ1n) is 10.5. The minimum Gasteiger partial charge on any atom is -0.350 e. The summed E-state index contributed by atoms with van der Waals surface area (Å²) in [6.07, 6.45) is 1.86. The second-order valence-electron chi connectivity index (χ2n) is 7.85. The molecule has 0 aliphatic rings. The Morgan fingerprint density at radius 2 is 1.59 bits per heavy atom. The SMILES string of the molecule is Cn1cc(C(=O)N(Cc2ccccc2)Cc2nc3ccccc3c(=O)[nH]2)c2ccccc21. The van der Waals surface area contributed by atoms with Crippen LogP contribution >= 0.6 is 0 Å². The van der Waals surface area contributed by atoms with Gasteiger partial charge in [-0.2, -0.15) is 0 Å². The number of benzene rings is 3. The van der Waals surface area contributed by atoms with Crippen molar-refractivity contribution in [1.29, 1.82) is 0 Å². The number of H-pyrrole nitrogens is 1. The molecule has 0 unspecified atom stereocenters. The monoisotopic (exact) mass is 422 g/mol. The van der Waals surface area contributed by atoms with Gasteiger partial charge in [-0.25, -0.2) is 4.98 Å². The van der Waals surface area contributed by atoms with E-state index < -0.39 is 0 Å². The molecular weight excluding hydrogens is 400 g/mol. The maximum Gasteiger partial charge on any atom is 0.258 e. The Bertz CT molecular complexity index is 1480. The molecular formula is C26H22N4O2. The number of rotatable bonds is 5. The fourth-order valence-electron chi connectivity index (χ4n) is 4.08. The Kier molecular flexibility index (Phi) is 5.03. The van der Waals surface area contributed by atoms with E-state index in [2.05, 4.69) is 9.97 Å². The summed E-state index contributed by atoms with van der Waals surface area (Å²) in [6, 6.07) is 24.9. The molecule has 3 aromatic carbocycles. The van der Waals surface area contributed by atoms with Crippen LogP contribution in [0.1, 0.15) is 21.7 Å². The number of nitrogens with zero attached hydrogens (tertiary/aromatic N) is 3. The number of hydrogen-bond acceptors (Lipinski definition) is 3. The van der Waals surface area contributed by atoms with Crippen LogP contribution in [-0.4, -0.2) is 25.3 Å². The maximum absolute atomic E-state index is 13.7. The quantitative estimate of drug-likeness (QED) is 0.460. The van der Waals surface area contributed by atoms with Gasteiger partial charge in [-0.15, -0.1) is 0 Å².